The van der Waals surface area contributed by atoms with Crippen LogP contribution in [-0.4, -0.2) is 32.1 Å². The number of nitrogens with one attached hydrogen (secondary N) is 1. The number of aliphatic hydroxyl groups is 1. The molecule has 2 aromatic heterocycles. The Morgan fingerprint density at radius 2 is 2.38 bits per heavy atom. The van der Waals surface area contributed by atoms with Crippen LogP contribution in [0.5, 0.6) is 0 Å². The average molecular weight is 220 g/mol. The maximum Gasteiger partial charge on any atom is 0.155 e. The molecule has 0 bridgehead atoms. The van der Waals surface area contributed by atoms with Crippen molar-refractivity contribution in [2.24, 2.45) is 0 Å². The SMILES string of the molecule is CCC(CO)NCc1cnc2cnccn12. The number of aromatic nitrogens is 3. The van der Waals surface area contributed by atoms with Crippen LogP contribution in [0, 0.1) is 0 Å². The molecule has 5 heteroatoms. The molecule has 0 saturated carbocycles. The summed E-state index contributed by atoms with van der Waals surface area (Å²) in [4.78, 5) is 8.26. The summed E-state index contributed by atoms with van der Waals surface area (Å²) in [5, 5.41) is 12.4. The van der Waals surface area contributed by atoms with Gasteiger partial charge in [0.2, 0.25) is 0 Å². The Morgan fingerprint density at radius 1 is 1.50 bits per heavy atom. The van der Waals surface area contributed by atoms with Gasteiger partial charge in [-0.2, -0.15) is 0 Å². The van der Waals surface area contributed by atoms with Crippen LogP contribution in [0.25, 0.3) is 5.65 Å². The van der Waals surface area contributed by atoms with Crippen molar-refractivity contribution < 1.29 is 5.11 Å². The van der Waals surface area contributed by atoms with E-state index in [0.29, 0.717) is 6.54 Å². The highest BCUT2D eigenvalue weighted by molar-refractivity contribution is 5.36. The topological polar surface area (TPSA) is 62.5 Å². The molecule has 0 aliphatic rings. The number of fused-ring (bicyclic) bond motifs is 1. The fraction of sp³-hybridized carbons (Fsp3) is 0.455. The minimum absolute atomic E-state index is 0.146. The molecular formula is C11H16N4O. The summed E-state index contributed by atoms with van der Waals surface area (Å²) in [7, 11) is 0. The molecule has 86 valence electrons. The molecule has 2 N–H and O–H groups in total. The lowest BCUT2D eigenvalue weighted by Crippen LogP contribution is -2.31. The van der Waals surface area contributed by atoms with Gasteiger partial charge in [0, 0.05) is 25.0 Å². The Kier molecular flexibility index (Phi) is 3.48. The number of aliphatic hydroxyl groups excluding tert-OH is 1. The predicted molar refractivity (Wildman–Crippen MR) is 61.0 cm³/mol. The van der Waals surface area contributed by atoms with Crippen molar-refractivity contribution >= 4 is 5.65 Å². The van der Waals surface area contributed by atoms with E-state index >= 15 is 0 Å². The lowest BCUT2D eigenvalue weighted by atomic mass is 10.2. The van der Waals surface area contributed by atoms with Crippen LogP contribution < -0.4 is 5.32 Å². The van der Waals surface area contributed by atoms with Gasteiger partial charge in [0.05, 0.1) is 24.7 Å². The second kappa shape index (κ2) is 5.05. The minimum Gasteiger partial charge on any atom is -0.395 e. The van der Waals surface area contributed by atoms with Gasteiger partial charge in [-0.15, -0.1) is 0 Å². The van der Waals surface area contributed by atoms with Gasteiger partial charge in [-0.25, -0.2) is 4.98 Å². The van der Waals surface area contributed by atoms with Crippen LogP contribution in [0.15, 0.2) is 24.8 Å². The van der Waals surface area contributed by atoms with E-state index in [9.17, 15) is 0 Å². The van der Waals surface area contributed by atoms with Gasteiger partial charge in [0.15, 0.2) is 5.65 Å². The first kappa shape index (κ1) is 11.0. The summed E-state index contributed by atoms with van der Waals surface area (Å²) < 4.78 is 1.99. The molecule has 2 rings (SSSR count). The summed E-state index contributed by atoms with van der Waals surface area (Å²) in [6, 6.07) is 0.146. The molecule has 5 nitrogen and oxygen atoms in total. The highest BCUT2D eigenvalue weighted by Gasteiger charge is 2.06. The summed E-state index contributed by atoms with van der Waals surface area (Å²) >= 11 is 0. The van der Waals surface area contributed by atoms with E-state index in [2.05, 4.69) is 15.3 Å². The monoisotopic (exact) mass is 220 g/mol. The Hall–Kier alpha value is -1.46. The third kappa shape index (κ3) is 2.20. The number of nitrogens with zero attached hydrogens (tertiary/aromatic N) is 3. The molecule has 1 atom stereocenters. The second-order valence-electron chi connectivity index (χ2n) is 3.72. The molecule has 0 amide bonds. The van der Waals surface area contributed by atoms with Crippen LogP contribution in [0.1, 0.15) is 19.0 Å². The zero-order valence-electron chi connectivity index (χ0n) is 9.30. The quantitative estimate of drug-likeness (QED) is 0.774. The van der Waals surface area contributed by atoms with Gasteiger partial charge in [-0.1, -0.05) is 6.92 Å². The lowest BCUT2D eigenvalue weighted by molar-refractivity contribution is 0.238. The first-order valence-corrected chi connectivity index (χ1v) is 5.45. The van der Waals surface area contributed by atoms with Crippen molar-refractivity contribution in [3.8, 4) is 0 Å². The molecule has 16 heavy (non-hydrogen) atoms. The van der Waals surface area contributed by atoms with E-state index in [1.165, 1.54) is 0 Å². The third-order valence-electron chi connectivity index (χ3n) is 2.68. The molecule has 0 aromatic carbocycles. The summed E-state index contributed by atoms with van der Waals surface area (Å²) in [6.45, 7) is 2.91. The molecule has 2 aromatic rings. The molecule has 0 spiro atoms. The number of rotatable bonds is 5. The van der Waals surface area contributed by atoms with E-state index in [0.717, 1.165) is 17.8 Å². The van der Waals surface area contributed by atoms with Crippen molar-refractivity contribution in [3.63, 3.8) is 0 Å². The van der Waals surface area contributed by atoms with E-state index in [4.69, 9.17) is 5.11 Å². The molecule has 1 unspecified atom stereocenters. The second-order valence-corrected chi connectivity index (χ2v) is 3.72. The van der Waals surface area contributed by atoms with Gasteiger partial charge in [0.1, 0.15) is 0 Å². The van der Waals surface area contributed by atoms with Gasteiger partial charge < -0.3 is 10.4 Å². The molecule has 0 aliphatic heterocycles. The van der Waals surface area contributed by atoms with E-state index in [1.807, 2.05) is 23.7 Å². The molecule has 2 heterocycles. The van der Waals surface area contributed by atoms with Crippen LogP contribution in [0.2, 0.25) is 0 Å². The zero-order chi connectivity index (χ0) is 11.4. The van der Waals surface area contributed by atoms with Gasteiger partial charge >= 0.3 is 0 Å². The maximum absolute atomic E-state index is 9.07. The number of hydrogen-bond donors (Lipinski definition) is 2. The van der Waals surface area contributed by atoms with Crippen molar-refractivity contribution in [2.45, 2.75) is 25.9 Å². The van der Waals surface area contributed by atoms with Crippen LogP contribution in [0.3, 0.4) is 0 Å². The van der Waals surface area contributed by atoms with E-state index < -0.39 is 0 Å². The summed E-state index contributed by atoms with van der Waals surface area (Å²) in [5.41, 5.74) is 1.92. The van der Waals surface area contributed by atoms with Crippen molar-refractivity contribution in [2.75, 3.05) is 6.61 Å². The van der Waals surface area contributed by atoms with Crippen molar-refractivity contribution in [1.29, 1.82) is 0 Å². The van der Waals surface area contributed by atoms with Crippen LogP contribution >= 0.6 is 0 Å². The fourth-order valence-electron chi connectivity index (χ4n) is 1.61. The number of hydrogen-bond acceptors (Lipinski definition) is 4. The van der Waals surface area contributed by atoms with E-state index in [1.54, 1.807) is 12.4 Å². The highest BCUT2D eigenvalue weighted by atomic mass is 16.3. The average Bonchev–Trinajstić information content (AvgIpc) is 2.74. The Morgan fingerprint density at radius 3 is 3.12 bits per heavy atom. The lowest BCUT2D eigenvalue weighted by Gasteiger charge is -2.13. The molecule has 0 fully saturated rings. The highest BCUT2D eigenvalue weighted by Crippen LogP contribution is 2.04. The van der Waals surface area contributed by atoms with Crippen molar-refractivity contribution in [3.05, 3.63) is 30.5 Å². The number of imidazole rings is 1. The normalized spacial score (nSPS) is 13.1. The Labute approximate surface area is 94.2 Å². The molecule has 0 aliphatic carbocycles. The third-order valence-corrected chi connectivity index (χ3v) is 2.68. The Balaban J connectivity index is 2.09. The van der Waals surface area contributed by atoms with Crippen LogP contribution in [-0.2, 0) is 6.54 Å². The predicted octanol–water partition coefficient (Wildman–Crippen LogP) is 0.590. The fourth-order valence-corrected chi connectivity index (χ4v) is 1.61. The summed E-state index contributed by atoms with van der Waals surface area (Å²) in [5.74, 6) is 0. The largest absolute Gasteiger partial charge is 0.395 e. The van der Waals surface area contributed by atoms with Gasteiger partial charge in [-0.05, 0) is 6.42 Å². The van der Waals surface area contributed by atoms with Gasteiger partial charge in [-0.3, -0.25) is 9.38 Å². The summed E-state index contributed by atoms with van der Waals surface area (Å²) in [6.07, 6.45) is 8.09. The zero-order valence-corrected chi connectivity index (χ0v) is 9.30. The first-order valence-electron chi connectivity index (χ1n) is 5.45. The smallest absolute Gasteiger partial charge is 0.155 e. The molecule has 0 saturated heterocycles. The van der Waals surface area contributed by atoms with Gasteiger partial charge in [0.25, 0.3) is 0 Å². The maximum atomic E-state index is 9.07. The molecular weight excluding hydrogens is 204 g/mol. The molecule has 0 radical (unpaired) electrons. The standard InChI is InChI=1S/C11H16N4O/c1-2-9(8-16)13-5-10-6-14-11-7-12-3-4-15(10)11/h3-4,6-7,9,13,16H,2,5,8H2,1H3. The van der Waals surface area contributed by atoms with E-state index in [-0.39, 0.29) is 12.6 Å². The first-order chi connectivity index (χ1) is 7.85. The van der Waals surface area contributed by atoms with Crippen molar-refractivity contribution in [1.82, 2.24) is 19.7 Å². The Bertz CT molecular complexity index is 450. The van der Waals surface area contributed by atoms with Crippen LogP contribution in [0.4, 0.5) is 0 Å². The minimum atomic E-state index is 0.146.